The molecular formula is C16H16BrFN2O2S. The number of hydrogen-bond acceptors (Lipinski definition) is 4. The van der Waals surface area contributed by atoms with Crippen LogP contribution in [-0.2, 0) is 6.54 Å². The third-order valence-electron chi connectivity index (χ3n) is 3.22. The summed E-state index contributed by atoms with van der Waals surface area (Å²) >= 11 is 4.61. The molecule has 0 fully saturated rings. The third kappa shape index (κ3) is 5.02. The van der Waals surface area contributed by atoms with E-state index < -0.39 is 6.67 Å². The molecular weight excluding hydrogens is 383 g/mol. The van der Waals surface area contributed by atoms with E-state index in [1.54, 1.807) is 12.1 Å². The zero-order valence-corrected chi connectivity index (χ0v) is 14.9. The molecule has 0 unspecified atom stereocenters. The van der Waals surface area contributed by atoms with Crippen molar-refractivity contribution in [2.24, 2.45) is 0 Å². The minimum atomic E-state index is -0.399. The van der Waals surface area contributed by atoms with Crippen molar-refractivity contribution in [3.05, 3.63) is 62.6 Å². The first-order valence-electron chi connectivity index (χ1n) is 6.95. The first-order valence-corrected chi connectivity index (χ1v) is 8.56. The molecule has 122 valence electrons. The van der Waals surface area contributed by atoms with Crippen LogP contribution in [0.15, 0.2) is 56.7 Å². The number of nitro groups is 1. The van der Waals surface area contributed by atoms with Gasteiger partial charge in [0, 0.05) is 28.5 Å². The van der Waals surface area contributed by atoms with Gasteiger partial charge in [-0.05, 0) is 30.8 Å². The molecule has 0 aliphatic rings. The summed E-state index contributed by atoms with van der Waals surface area (Å²) in [5.41, 5.74) is 1.09. The van der Waals surface area contributed by atoms with E-state index in [0.717, 1.165) is 10.5 Å². The minimum Gasteiger partial charge on any atom is -0.299 e. The lowest BCUT2D eigenvalue weighted by atomic mass is 10.2. The Bertz CT molecular complexity index is 700. The summed E-state index contributed by atoms with van der Waals surface area (Å²) in [4.78, 5) is 14.3. The number of rotatable bonds is 7. The number of alkyl halides is 1. The number of benzene rings is 2. The number of nitrogens with zero attached hydrogens (tertiary/aromatic N) is 2. The van der Waals surface area contributed by atoms with Crippen LogP contribution < -0.4 is 0 Å². The molecule has 0 aliphatic heterocycles. The van der Waals surface area contributed by atoms with Crippen LogP contribution >= 0.6 is 27.7 Å². The molecule has 0 radical (unpaired) electrons. The monoisotopic (exact) mass is 398 g/mol. The van der Waals surface area contributed by atoms with Gasteiger partial charge in [-0.15, -0.1) is 0 Å². The molecule has 0 aromatic heterocycles. The molecule has 0 atom stereocenters. The van der Waals surface area contributed by atoms with E-state index in [0.29, 0.717) is 22.5 Å². The Morgan fingerprint density at radius 2 is 2.00 bits per heavy atom. The largest absolute Gasteiger partial charge is 0.299 e. The summed E-state index contributed by atoms with van der Waals surface area (Å²) < 4.78 is 13.1. The maximum absolute atomic E-state index is 12.4. The van der Waals surface area contributed by atoms with Gasteiger partial charge in [-0.2, -0.15) is 0 Å². The molecule has 0 saturated heterocycles. The molecule has 0 N–H and O–H groups in total. The van der Waals surface area contributed by atoms with Crippen molar-refractivity contribution < 1.29 is 9.31 Å². The van der Waals surface area contributed by atoms with E-state index in [-0.39, 0.29) is 10.6 Å². The number of halogens is 2. The Hall–Kier alpha value is -1.44. The molecule has 2 rings (SSSR count). The van der Waals surface area contributed by atoms with E-state index in [4.69, 9.17) is 0 Å². The van der Waals surface area contributed by atoms with Crippen molar-refractivity contribution in [3.63, 3.8) is 0 Å². The fourth-order valence-electron chi connectivity index (χ4n) is 2.09. The van der Waals surface area contributed by atoms with Crippen LogP contribution in [0.3, 0.4) is 0 Å². The normalized spacial score (nSPS) is 11.0. The Morgan fingerprint density at radius 3 is 2.70 bits per heavy atom. The Morgan fingerprint density at radius 1 is 1.26 bits per heavy atom. The maximum Gasteiger partial charge on any atom is 0.284 e. The first kappa shape index (κ1) is 17.9. The van der Waals surface area contributed by atoms with Crippen molar-refractivity contribution in [1.29, 1.82) is 0 Å². The van der Waals surface area contributed by atoms with E-state index in [9.17, 15) is 14.5 Å². The first-order chi connectivity index (χ1) is 11.0. The van der Waals surface area contributed by atoms with Gasteiger partial charge in [-0.1, -0.05) is 45.9 Å². The van der Waals surface area contributed by atoms with Crippen LogP contribution in [0.1, 0.15) is 5.56 Å². The van der Waals surface area contributed by atoms with Gasteiger partial charge in [-0.25, -0.2) is 4.39 Å². The Kier molecular flexibility index (Phi) is 6.56. The van der Waals surface area contributed by atoms with Crippen LogP contribution in [-0.4, -0.2) is 30.1 Å². The second-order valence-corrected chi connectivity index (χ2v) is 7.01. The van der Waals surface area contributed by atoms with Gasteiger partial charge in [0.1, 0.15) is 6.67 Å². The summed E-state index contributed by atoms with van der Waals surface area (Å²) in [6.07, 6.45) is 0. The molecule has 0 aliphatic carbocycles. The van der Waals surface area contributed by atoms with Crippen LogP contribution in [0.2, 0.25) is 0 Å². The molecule has 2 aromatic rings. The van der Waals surface area contributed by atoms with Gasteiger partial charge in [0.05, 0.1) is 9.82 Å². The van der Waals surface area contributed by atoms with E-state index in [1.165, 1.54) is 17.8 Å². The van der Waals surface area contributed by atoms with Gasteiger partial charge in [-0.3, -0.25) is 15.0 Å². The van der Waals surface area contributed by atoms with Crippen molar-refractivity contribution in [2.75, 3.05) is 20.3 Å². The maximum atomic E-state index is 12.4. The quantitative estimate of drug-likeness (QED) is 0.490. The molecule has 0 bridgehead atoms. The van der Waals surface area contributed by atoms with Gasteiger partial charge in [0.25, 0.3) is 5.69 Å². The highest BCUT2D eigenvalue weighted by atomic mass is 79.9. The van der Waals surface area contributed by atoms with E-state index in [2.05, 4.69) is 15.9 Å². The van der Waals surface area contributed by atoms with Gasteiger partial charge in [0.15, 0.2) is 0 Å². The van der Waals surface area contributed by atoms with Crippen LogP contribution in [0, 0.1) is 10.1 Å². The van der Waals surface area contributed by atoms with Crippen molar-refractivity contribution in [3.8, 4) is 0 Å². The standard InChI is InChI=1S/C16H16BrFN2O2S/c1-19(9-8-18)11-12-4-2-3-5-15(12)23-16-7-6-13(17)10-14(16)20(21)22/h2-7,10H,8-9,11H2,1H3. The molecule has 23 heavy (non-hydrogen) atoms. The molecule has 2 aromatic carbocycles. The molecule has 0 heterocycles. The smallest absolute Gasteiger partial charge is 0.284 e. The van der Waals surface area contributed by atoms with Crippen molar-refractivity contribution in [1.82, 2.24) is 4.90 Å². The Labute approximate surface area is 147 Å². The van der Waals surface area contributed by atoms with Gasteiger partial charge >= 0.3 is 0 Å². The van der Waals surface area contributed by atoms with Crippen LogP contribution in [0.4, 0.5) is 10.1 Å². The van der Waals surface area contributed by atoms with Crippen LogP contribution in [0.25, 0.3) is 0 Å². The van der Waals surface area contributed by atoms with Gasteiger partial charge in [0.2, 0.25) is 0 Å². The predicted molar refractivity (Wildman–Crippen MR) is 93.7 cm³/mol. The Balaban J connectivity index is 2.29. The second kappa shape index (κ2) is 8.42. The average molecular weight is 399 g/mol. The lowest BCUT2D eigenvalue weighted by Crippen LogP contribution is -2.20. The molecule has 7 heteroatoms. The molecule has 0 saturated carbocycles. The average Bonchev–Trinajstić information content (AvgIpc) is 2.51. The SMILES string of the molecule is CN(CCF)Cc1ccccc1Sc1ccc(Br)cc1[N+](=O)[O-]. The lowest BCUT2D eigenvalue weighted by molar-refractivity contribution is -0.387. The third-order valence-corrected chi connectivity index (χ3v) is 4.89. The second-order valence-electron chi connectivity index (χ2n) is 5.01. The zero-order chi connectivity index (χ0) is 16.8. The highest BCUT2D eigenvalue weighted by Gasteiger charge is 2.17. The summed E-state index contributed by atoms with van der Waals surface area (Å²) in [5.74, 6) is 0. The van der Waals surface area contributed by atoms with Crippen molar-refractivity contribution in [2.45, 2.75) is 16.3 Å². The fraction of sp³-hybridized carbons (Fsp3) is 0.250. The van der Waals surface area contributed by atoms with Crippen LogP contribution in [0.5, 0.6) is 0 Å². The molecule has 4 nitrogen and oxygen atoms in total. The highest BCUT2D eigenvalue weighted by molar-refractivity contribution is 9.10. The zero-order valence-electron chi connectivity index (χ0n) is 12.5. The summed E-state index contributed by atoms with van der Waals surface area (Å²) in [6, 6.07) is 12.7. The topological polar surface area (TPSA) is 46.4 Å². The highest BCUT2D eigenvalue weighted by Crippen LogP contribution is 2.38. The summed E-state index contributed by atoms with van der Waals surface area (Å²) in [7, 11) is 1.85. The van der Waals surface area contributed by atoms with E-state index >= 15 is 0 Å². The predicted octanol–water partition coefficient (Wildman–Crippen LogP) is 4.91. The number of hydrogen-bond donors (Lipinski definition) is 0. The fourth-order valence-corrected chi connectivity index (χ4v) is 3.46. The summed E-state index contributed by atoms with van der Waals surface area (Å²) in [6.45, 7) is 0.554. The lowest BCUT2D eigenvalue weighted by Gasteiger charge is -2.17. The molecule has 0 amide bonds. The molecule has 0 spiro atoms. The minimum absolute atomic E-state index is 0.0660. The number of nitro benzene ring substituents is 1. The van der Waals surface area contributed by atoms with E-state index in [1.807, 2.05) is 36.2 Å². The summed E-state index contributed by atoms with van der Waals surface area (Å²) in [5, 5.41) is 11.2. The van der Waals surface area contributed by atoms with Gasteiger partial charge < -0.3 is 0 Å². The van der Waals surface area contributed by atoms with Crippen molar-refractivity contribution >= 4 is 33.4 Å².